The Balaban J connectivity index is 0.00000306. The number of cyclic esters (lactones) is 1. The highest BCUT2D eigenvalue weighted by Gasteiger charge is 2.31. The molecule has 2 heterocycles. The fraction of sp³-hybridized carbons (Fsp3) is 0.480. The minimum Gasteiger partial charge on any atom is -0.457 e. The summed E-state index contributed by atoms with van der Waals surface area (Å²) in [7, 11) is 0. The van der Waals surface area contributed by atoms with Gasteiger partial charge in [-0.05, 0) is 61.6 Å². The van der Waals surface area contributed by atoms with Gasteiger partial charge < -0.3 is 9.64 Å². The van der Waals surface area contributed by atoms with E-state index < -0.39 is 11.7 Å². The van der Waals surface area contributed by atoms with Gasteiger partial charge in [-0.25, -0.2) is 0 Å². The number of alkyl halides is 3. The molecule has 0 aliphatic carbocycles. The van der Waals surface area contributed by atoms with Crippen LogP contribution in [0.4, 0.5) is 18.9 Å². The standard InChI is InChI=1S/C25H29F3N2O2.ClH/c26-25(27,28)21-5-3-6-22(18-21)30-16-14-29(15-17-30)13-2-1-4-19-7-9-20(10-8-19)23-11-12-24(31)32-23;/h3,5-10,18,23H,1-2,4,11-17H2;1H. The number of halogens is 4. The number of ether oxygens (including phenoxy) is 1. The summed E-state index contributed by atoms with van der Waals surface area (Å²) in [6.07, 6.45) is 0.0547. The monoisotopic (exact) mass is 482 g/mol. The molecular weight excluding hydrogens is 453 g/mol. The zero-order valence-electron chi connectivity index (χ0n) is 18.5. The van der Waals surface area contributed by atoms with Crippen molar-refractivity contribution >= 4 is 24.1 Å². The number of hydrogen-bond donors (Lipinski definition) is 0. The lowest BCUT2D eigenvalue weighted by atomic mass is 10.0. The van der Waals surface area contributed by atoms with E-state index in [2.05, 4.69) is 29.2 Å². The molecule has 2 aromatic rings. The van der Waals surface area contributed by atoms with Crippen molar-refractivity contribution < 1.29 is 22.7 Å². The lowest BCUT2D eigenvalue weighted by Crippen LogP contribution is -2.46. The van der Waals surface area contributed by atoms with Gasteiger partial charge in [-0.15, -0.1) is 12.4 Å². The average Bonchev–Trinajstić information content (AvgIpc) is 3.23. The van der Waals surface area contributed by atoms with Crippen LogP contribution in [0.15, 0.2) is 48.5 Å². The van der Waals surface area contributed by atoms with E-state index in [1.165, 1.54) is 17.7 Å². The summed E-state index contributed by atoms with van der Waals surface area (Å²) in [4.78, 5) is 15.7. The fourth-order valence-corrected chi connectivity index (χ4v) is 4.43. The number of anilines is 1. The molecule has 33 heavy (non-hydrogen) atoms. The molecule has 0 spiro atoms. The summed E-state index contributed by atoms with van der Waals surface area (Å²) < 4.78 is 44.2. The van der Waals surface area contributed by atoms with Gasteiger partial charge in [0, 0.05) is 38.3 Å². The van der Waals surface area contributed by atoms with E-state index >= 15 is 0 Å². The molecule has 2 fully saturated rings. The molecule has 0 N–H and O–H groups in total. The number of benzene rings is 2. The normalized spacial score (nSPS) is 19.3. The fourth-order valence-electron chi connectivity index (χ4n) is 4.43. The molecule has 1 atom stereocenters. The van der Waals surface area contributed by atoms with Crippen LogP contribution in [0.2, 0.25) is 0 Å². The van der Waals surface area contributed by atoms with E-state index in [0.29, 0.717) is 12.1 Å². The van der Waals surface area contributed by atoms with Crippen molar-refractivity contribution in [2.75, 3.05) is 37.6 Å². The van der Waals surface area contributed by atoms with Gasteiger partial charge in [-0.3, -0.25) is 9.69 Å². The predicted octanol–water partition coefficient (Wildman–Crippen LogP) is 5.65. The van der Waals surface area contributed by atoms with Crippen molar-refractivity contribution in [2.24, 2.45) is 0 Å². The minimum atomic E-state index is -4.30. The van der Waals surface area contributed by atoms with Crippen molar-refractivity contribution in [2.45, 2.75) is 44.4 Å². The number of rotatable bonds is 7. The van der Waals surface area contributed by atoms with Gasteiger partial charge >= 0.3 is 12.1 Å². The van der Waals surface area contributed by atoms with Gasteiger partial charge in [0.05, 0.1) is 5.56 Å². The highest BCUT2D eigenvalue weighted by Crippen LogP contribution is 2.32. The second-order valence-electron chi connectivity index (χ2n) is 8.59. The molecule has 0 amide bonds. The zero-order chi connectivity index (χ0) is 22.6. The first-order valence-corrected chi connectivity index (χ1v) is 11.3. The predicted molar refractivity (Wildman–Crippen MR) is 125 cm³/mol. The molecule has 0 aromatic heterocycles. The lowest BCUT2D eigenvalue weighted by molar-refractivity contribution is -0.141. The van der Waals surface area contributed by atoms with Crippen molar-refractivity contribution in [3.63, 3.8) is 0 Å². The van der Waals surface area contributed by atoms with Crippen LogP contribution >= 0.6 is 12.4 Å². The first kappa shape index (κ1) is 25.4. The Kier molecular flexibility index (Phi) is 8.65. The Morgan fingerprint density at radius 2 is 1.70 bits per heavy atom. The summed E-state index contributed by atoms with van der Waals surface area (Å²) in [5.74, 6) is -0.116. The van der Waals surface area contributed by atoms with Crippen LogP contribution in [-0.2, 0) is 22.1 Å². The topological polar surface area (TPSA) is 32.8 Å². The second-order valence-corrected chi connectivity index (χ2v) is 8.59. The molecule has 4 nitrogen and oxygen atoms in total. The number of unbranched alkanes of at least 4 members (excludes halogenated alkanes) is 1. The van der Waals surface area contributed by atoms with Crippen LogP contribution < -0.4 is 4.90 Å². The van der Waals surface area contributed by atoms with Crippen LogP contribution in [0.1, 0.15) is 48.5 Å². The van der Waals surface area contributed by atoms with E-state index in [-0.39, 0.29) is 24.5 Å². The number of hydrogen-bond acceptors (Lipinski definition) is 4. The summed E-state index contributed by atoms with van der Waals surface area (Å²) in [5, 5.41) is 0. The number of esters is 1. The maximum Gasteiger partial charge on any atom is 0.416 e. The van der Waals surface area contributed by atoms with Crippen molar-refractivity contribution in [1.29, 1.82) is 0 Å². The van der Waals surface area contributed by atoms with E-state index in [4.69, 9.17) is 4.74 Å². The second kappa shape index (κ2) is 11.3. The Labute approximate surface area is 199 Å². The zero-order valence-corrected chi connectivity index (χ0v) is 19.3. The molecule has 1 unspecified atom stereocenters. The largest absolute Gasteiger partial charge is 0.457 e. The molecule has 0 bridgehead atoms. The van der Waals surface area contributed by atoms with Gasteiger partial charge in [-0.2, -0.15) is 13.2 Å². The van der Waals surface area contributed by atoms with E-state index in [1.807, 2.05) is 4.90 Å². The Morgan fingerprint density at radius 1 is 0.970 bits per heavy atom. The smallest absolute Gasteiger partial charge is 0.416 e. The van der Waals surface area contributed by atoms with E-state index in [1.54, 1.807) is 6.07 Å². The molecule has 2 saturated heterocycles. The maximum absolute atomic E-state index is 13.0. The van der Waals surface area contributed by atoms with Gasteiger partial charge in [0.25, 0.3) is 0 Å². The summed E-state index contributed by atoms with van der Waals surface area (Å²) >= 11 is 0. The van der Waals surface area contributed by atoms with Crippen molar-refractivity contribution in [3.8, 4) is 0 Å². The summed E-state index contributed by atoms with van der Waals surface area (Å²) in [6, 6.07) is 14.0. The maximum atomic E-state index is 13.0. The third kappa shape index (κ3) is 6.87. The molecule has 180 valence electrons. The highest BCUT2D eigenvalue weighted by molar-refractivity contribution is 5.85. The molecule has 0 radical (unpaired) electrons. The third-order valence-corrected chi connectivity index (χ3v) is 6.34. The first-order chi connectivity index (χ1) is 15.4. The van der Waals surface area contributed by atoms with Gasteiger partial charge in [0.15, 0.2) is 0 Å². The molecule has 0 saturated carbocycles. The molecule has 2 aliphatic rings. The number of nitrogens with zero attached hydrogens (tertiary/aromatic N) is 2. The van der Waals surface area contributed by atoms with Crippen LogP contribution in [0.5, 0.6) is 0 Å². The van der Waals surface area contributed by atoms with E-state index in [9.17, 15) is 18.0 Å². The van der Waals surface area contributed by atoms with Crippen molar-refractivity contribution in [3.05, 3.63) is 65.2 Å². The first-order valence-electron chi connectivity index (χ1n) is 11.3. The van der Waals surface area contributed by atoms with Crippen LogP contribution in [0, 0.1) is 0 Å². The third-order valence-electron chi connectivity index (χ3n) is 6.34. The minimum absolute atomic E-state index is 0. The highest BCUT2D eigenvalue weighted by atomic mass is 35.5. The molecule has 2 aliphatic heterocycles. The summed E-state index contributed by atoms with van der Waals surface area (Å²) in [6.45, 7) is 4.23. The average molecular weight is 483 g/mol. The molecular formula is C25H30ClF3N2O2. The molecule has 8 heteroatoms. The Bertz CT molecular complexity index is 913. The quantitative estimate of drug-likeness (QED) is 0.377. The number of carbonyl (C=O) groups is 1. The van der Waals surface area contributed by atoms with Crippen LogP contribution in [-0.4, -0.2) is 43.6 Å². The molecule has 2 aromatic carbocycles. The van der Waals surface area contributed by atoms with Crippen LogP contribution in [0.25, 0.3) is 0 Å². The number of carbonyl (C=O) groups excluding carboxylic acids is 1. The molecule has 4 rings (SSSR count). The number of aryl methyl sites for hydroxylation is 1. The van der Waals surface area contributed by atoms with E-state index in [0.717, 1.165) is 70.0 Å². The summed E-state index contributed by atoms with van der Waals surface area (Å²) in [5.41, 5.74) is 2.41. The Morgan fingerprint density at radius 3 is 2.33 bits per heavy atom. The van der Waals surface area contributed by atoms with Crippen molar-refractivity contribution in [1.82, 2.24) is 4.90 Å². The van der Waals surface area contributed by atoms with Crippen LogP contribution in [0.3, 0.4) is 0 Å². The SMILES string of the molecule is Cl.O=C1CCC(c2ccc(CCCCN3CCN(c4cccc(C(F)(F)F)c4)CC3)cc2)O1. The number of piperazine rings is 1. The van der Waals surface area contributed by atoms with Gasteiger partial charge in [-0.1, -0.05) is 30.3 Å². The van der Waals surface area contributed by atoms with Gasteiger partial charge in [0.1, 0.15) is 6.10 Å². The lowest BCUT2D eigenvalue weighted by Gasteiger charge is -2.36. The Hall–Kier alpha value is -2.25. The van der Waals surface area contributed by atoms with Gasteiger partial charge in [0.2, 0.25) is 0 Å².